The molecule has 0 spiro atoms. The summed E-state index contributed by atoms with van der Waals surface area (Å²) in [6.45, 7) is 4.88. The highest BCUT2D eigenvalue weighted by Gasteiger charge is 2.18. The smallest absolute Gasteiger partial charge is 0.0327 e. The average Bonchev–Trinajstić information content (AvgIpc) is 2.74. The van der Waals surface area contributed by atoms with Gasteiger partial charge in [-0.3, -0.25) is 4.90 Å². The summed E-state index contributed by atoms with van der Waals surface area (Å²) in [5.74, 6) is 0.898. The van der Waals surface area contributed by atoms with Gasteiger partial charge in [0.25, 0.3) is 0 Å². The number of nitrogens with zero attached hydrogens (tertiary/aromatic N) is 1. The van der Waals surface area contributed by atoms with Gasteiger partial charge in [0.05, 0.1) is 0 Å². The second-order valence-corrected chi connectivity index (χ2v) is 5.39. The first-order valence-electron chi connectivity index (χ1n) is 5.78. The van der Waals surface area contributed by atoms with Crippen LogP contribution in [0.1, 0.15) is 17.7 Å². The fourth-order valence-corrected chi connectivity index (χ4v) is 3.01. The molecule has 1 fully saturated rings. The van der Waals surface area contributed by atoms with Crippen molar-refractivity contribution in [3.8, 4) is 0 Å². The Labute approximate surface area is 108 Å². The molecule has 2 rings (SSSR count). The average molecular weight is 261 g/mol. The van der Waals surface area contributed by atoms with Crippen LogP contribution in [0.25, 0.3) is 0 Å². The monoisotopic (exact) mass is 260 g/mol. The van der Waals surface area contributed by atoms with Gasteiger partial charge in [-0.25, -0.2) is 0 Å². The van der Waals surface area contributed by atoms with E-state index >= 15 is 0 Å². The molecule has 0 unspecified atom stereocenters. The van der Waals surface area contributed by atoms with Crippen LogP contribution in [-0.4, -0.2) is 31.6 Å². The number of halogens is 1. The van der Waals surface area contributed by atoms with Crippen molar-refractivity contribution >= 4 is 23.7 Å². The van der Waals surface area contributed by atoms with Crippen molar-refractivity contribution in [3.63, 3.8) is 0 Å². The first-order chi connectivity index (χ1) is 7.38. The molecule has 0 radical (unpaired) electrons. The number of likely N-dealkylation sites (tertiary alicyclic amines) is 1. The van der Waals surface area contributed by atoms with Gasteiger partial charge >= 0.3 is 0 Å². The van der Waals surface area contributed by atoms with Crippen LogP contribution in [0.5, 0.6) is 0 Å². The zero-order valence-electron chi connectivity index (χ0n) is 9.82. The topological polar surface area (TPSA) is 15.3 Å². The molecule has 4 heteroatoms. The molecule has 0 saturated carbocycles. The van der Waals surface area contributed by atoms with Crippen LogP contribution in [0.2, 0.25) is 0 Å². The molecule has 0 aliphatic carbocycles. The molecular formula is C12H21ClN2S. The normalized spacial score (nSPS) is 18.3. The lowest BCUT2D eigenvalue weighted by molar-refractivity contribution is 0.178. The van der Waals surface area contributed by atoms with Gasteiger partial charge in [0, 0.05) is 11.4 Å². The van der Waals surface area contributed by atoms with Gasteiger partial charge in [0.1, 0.15) is 0 Å². The first kappa shape index (κ1) is 14.0. The van der Waals surface area contributed by atoms with E-state index < -0.39 is 0 Å². The highest BCUT2D eigenvalue weighted by molar-refractivity contribution is 7.09. The zero-order valence-corrected chi connectivity index (χ0v) is 11.4. The molecule has 1 saturated heterocycles. The highest BCUT2D eigenvalue weighted by atomic mass is 35.5. The fourth-order valence-electron chi connectivity index (χ4n) is 2.26. The lowest BCUT2D eigenvalue weighted by atomic mass is 9.97. The minimum absolute atomic E-state index is 0. The molecule has 1 N–H and O–H groups in total. The van der Waals surface area contributed by atoms with E-state index in [4.69, 9.17) is 0 Å². The molecule has 0 amide bonds. The third-order valence-corrected chi connectivity index (χ3v) is 4.02. The van der Waals surface area contributed by atoms with Gasteiger partial charge in [-0.05, 0) is 56.9 Å². The summed E-state index contributed by atoms with van der Waals surface area (Å²) in [6.07, 6.45) is 2.71. The lowest BCUT2D eigenvalue weighted by Crippen LogP contribution is -2.36. The molecule has 1 aromatic heterocycles. The van der Waals surface area contributed by atoms with Crippen LogP contribution in [0.15, 0.2) is 17.5 Å². The molecule has 1 aliphatic heterocycles. The van der Waals surface area contributed by atoms with Crippen molar-refractivity contribution in [3.05, 3.63) is 22.4 Å². The highest BCUT2D eigenvalue weighted by Crippen LogP contribution is 2.19. The number of hydrogen-bond acceptors (Lipinski definition) is 3. The van der Waals surface area contributed by atoms with Crippen molar-refractivity contribution in [2.75, 3.05) is 26.7 Å². The molecule has 1 aromatic rings. The predicted octanol–water partition coefficient (Wildman–Crippen LogP) is 2.60. The van der Waals surface area contributed by atoms with Gasteiger partial charge in [-0.15, -0.1) is 23.7 Å². The quantitative estimate of drug-likeness (QED) is 0.895. The number of piperidine rings is 1. The Morgan fingerprint density at radius 3 is 2.75 bits per heavy atom. The summed E-state index contributed by atoms with van der Waals surface area (Å²) in [4.78, 5) is 4.08. The van der Waals surface area contributed by atoms with Crippen molar-refractivity contribution in [1.29, 1.82) is 0 Å². The lowest BCUT2D eigenvalue weighted by Gasteiger charge is -2.31. The van der Waals surface area contributed by atoms with E-state index in [1.807, 2.05) is 11.3 Å². The van der Waals surface area contributed by atoms with Gasteiger partial charge in [0.15, 0.2) is 0 Å². The van der Waals surface area contributed by atoms with Crippen molar-refractivity contribution < 1.29 is 0 Å². The third-order valence-electron chi connectivity index (χ3n) is 3.16. The van der Waals surface area contributed by atoms with E-state index in [1.165, 1.54) is 37.4 Å². The molecule has 2 nitrogen and oxygen atoms in total. The van der Waals surface area contributed by atoms with Crippen LogP contribution in [0.3, 0.4) is 0 Å². The SMILES string of the molecule is CNCC1CCN(Cc2cccs2)CC1.Cl. The molecular weight excluding hydrogens is 240 g/mol. The van der Waals surface area contributed by atoms with E-state index in [0.29, 0.717) is 0 Å². The maximum atomic E-state index is 3.28. The van der Waals surface area contributed by atoms with Crippen LogP contribution in [-0.2, 0) is 6.54 Å². The Kier molecular flexibility index (Phi) is 6.36. The predicted molar refractivity (Wildman–Crippen MR) is 73.5 cm³/mol. The maximum Gasteiger partial charge on any atom is 0.0327 e. The summed E-state index contributed by atoms with van der Waals surface area (Å²) in [6, 6.07) is 4.39. The Balaban J connectivity index is 0.00000128. The van der Waals surface area contributed by atoms with Crippen LogP contribution >= 0.6 is 23.7 Å². The van der Waals surface area contributed by atoms with Crippen LogP contribution in [0.4, 0.5) is 0 Å². The number of nitrogens with one attached hydrogen (secondary N) is 1. The standard InChI is InChI=1S/C12H20N2S.ClH/c1-13-9-11-4-6-14(7-5-11)10-12-3-2-8-15-12;/h2-3,8,11,13H,4-7,9-10H2,1H3;1H. The molecule has 2 heterocycles. The maximum absolute atomic E-state index is 3.28. The summed E-state index contributed by atoms with van der Waals surface area (Å²) in [7, 11) is 2.05. The van der Waals surface area contributed by atoms with E-state index in [-0.39, 0.29) is 12.4 Å². The Morgan fingerprint density at radius 2 is 2.19 bits per heavy atom. The molecule has 16 heavy (non-hydrogen) atoms. The van der Waals surface area contributed by atoms with Crippen LogP contribution in [0, 0.1) is 5.92 Å². The third kappa shape index (κ3) is 4.06. The van der Waals surface area contributed by atoms with Gasteiger partial charge in [0.2, 0.25) is 0 Å². The Morgan fingerprint density at radius 1 is 1.44 bits per heavy atom. The summed E-state index contributed by atoms with van der Waals surface area (Å²) in [5, 5.41) is 5.45. The zero-order chi connectivity index (χ0) is 10.5. The van der Waals surface area contributed by atoms with E-state index in [2.05, 4.69) is 34.8 Å². The Bertz CT molecular complexity index is 269. The van der Waals surface area contributed by atoms with E-state index in [9.17, 15) is 0 Å². The van der Waals surface area contributed by atoms with Crippen molar-refractivity contribution in [2.24, 2.45) is 5.92 Å². The van der Waals surface area contributed by atoms with Crippen molar-refractivity contribution in [1.82, 2.24) is 10.2 Å². The van der Waals surface area contributed by atoms with Gasteiger partial charge in [-0.1, -0.05) is 6.07 Å². The van der Waals surface area contributed by atoms with E-state index in [1.54, 1.807) is 0 Å². The summed E-state index contributed by atoms with van der Waals surface area (Å²) >= 11 is 1.87. The van der Waals surface area contributed by atoms with E-state index in [0.717, 1.165) is 12.5 Å². The molecule has 0 bridgehead atoms. The minimum Gasteiger partial charge on any atom is -0.319 e. The second-order valence-electron chi connectivity index (χ2n) is 4.36. The molecule has 0 atom stereocenters. The largest absolute Gasteiger partial charge is 0.319 e. The van der Waals surface area contributed by atoms with Crippen molar-refractivity contribution in [2.45, 2.75) is 19.4 Å². The first-order valence-corrected chi connectivity index (χ1v) is 6.66. The fraction of sp³-hybridized carbons (Fsp3) is 0.667. The van der Waals surface area contributed by atoms with Gasteiger partial charge < -0.3 is 5.32 Å². The number of hydrogen-bond donors (Lipinski definition) is 1. The summed E-state index contributed by atoms with van der Waals surface area (Å²) < 4.78 is 0. The Hall–Kier alpha value is -0.0900. The minimum atomic E-state index is 0. The summed E-state index contributed by atoms with van der Waals surface area (Å²) in [5.41, 5.74) is 0. The van der Waals surface area contributed by atoms with Crippen LogP contribution < -0.4 is 5.32 Å². The molecule has 0 aromatic carbocycles. The molecule has 1 aliphatic rings. The number of thiophene rings is 1. The number of rotatable bonds is 4. The van der Waals surface area contributed by atoms with Gasteiger partial charge in [-0.2, -0.15) is 0 Å². The molecule has 92 valence electrons. The second kappa shape index (κ2) is 7.28.